The highest BCUT2D eigenvalue weighted by Gasteiger charge is 2.11. The largest absolute Gasteiger partial charge is 0.466 e. The van der Waals surface area contributed by atoms with Crippen molar-refractivity contribution in [3.8, 4) is 0 Å². The van der Waals surface area contributed by atoms with Crippen molar-refractivity contribution in [3.63, 3.8) is 0 Å². The first kappa shape index (κ1) is 13.6. The van der Waals surface area contributed by atoms with Gasteiger partial charge in [0.15, 0.2) is 0 Å². The molecule has 0 saturated carbocycles. The summed E-state index contributed by atoms with van der Waals surface area (Å²) in [4.78, 5) is 11.3. The number of benzene rings is 1. The lowest BCUT2D eigenvalue weighted by Crippen LogP contribution is -2.09. The third kappa shape index (κ3) is 3.56. The lowest BCUT2D eigenvalue weighted by molar-refractivity contribution is -0.142. The van der Waals surface area contributed by atoms with E-state index >= 15 is 0 Å². The minimum Gasteiger partial charge on any atom is -0.466 e. The van der Waals surface area contributed by atoms with Gasteiger partial charge >= 0.3 is 5.97 Å². The Labute approximate surface area is 110 Å². The zero-order chi connectivity index (χ0) is 12.1. The van der Waals surface area contributed by atoms with Crippen molar-refractivity contribution in [2.75, 3.05) is 6.61 Å². The van der Waals surface area contributed by atoms with Gasteiger partial charge in [-0.25, -0.2) is 4.39 Å². The van der Waals surface area contributed by atoms with Gasteiger partial charge in [0.2, 0.25) is 0 Å². The van der Waals surface area contributed by atoms with Crippen LogP contribution in [0, 0.1) is 5.82 Å². The number of carbonyl (C=O) groups is 1. The summed E-state index contributed by atoms with van der Waals surface area (Å²) in [6, 6.07) is 3.02. The van der Waals surface area contributed by atoms with Gasteiger partial charge in [-0.3, -0.25) is 4.79 Å². The second-order valence-electron chi connectivity index (χ2n) is 3.15. The van der Waals surface area contributed by atoms with E-state index in [0.717, 1.165) is 5.56 Å². The monoisotopic (exact) mass is 352 g/mol. The molecule has 0 unspecified atom stereocenters. The lowest BCUT2D eigenvalue weighted by atomic mass is 10.1. The molecule has 0 saturated heterocycles. The first-order valence-corrected chi connectivity index (χ1v) is 6.68. The van der Waals surface area contributed by atoms with Crippen LogP contribution < -0.4 is 0 Å². The Kier molecular flexibility index (Phi) is 5.41. The summed E-state index contributed by atoms with van der Waals surface area (Å²) in [5.41, 5.74) is 1.53. The topological polar surface area (TPSA) is 26.3 Å². The Morgan fingerprint density at radius 3 is 2.69 bits per heavy atom. The van der Waals surface area contributed by atoms with Crippen LogP contribution in [0.5, 0.6) is 0 Å². The fraction of sp³-hybridized carbons (Fsp3) is 0.364. The van der Waals surface area contributed by atoms with Crippen molar-refractivity contribution in [1.82, 2.24) is 0 Å². The lowest BCUT2D eigenvalue weighted by Gasteiger charge is -2.08. The minimum atomic E-state index is -0.371. The van der Waals surface area contributed by atoms with Crippen LogP contribution in [0.15, 0.2) is 16.6 Å². The van der Waals surface area contributed by atoms with E-state index in [4.69, 9.17) is 4.74 Å². The molecule has 1 rings (SSSR count). The third-order valence-electron chi connectivity index (χ3n) is 2.03. The highest BCUT2D eigenvalue weighted by atomic mass is 79.9. The molecular formula is C11H11Br2FO2. The molecule has 0 fully saturated rings. The number of hydrogen-bond donors (Lipinski definition) is 0. The molecule has 0 heterocycles. The molecule has 0 aliphatic heterocycles. The average molecular weight is 354 g/mol. The quantitative estimate of drug-likeness (QED) is 0.610. The van der Waals surface area contributed by atoms with Crippen molar-refractivity contribution in [2.24, 2.45) is 0 Å². The molecule has 0 bridgehead atoms. The maximum atomic E-state index is 13.3. The van der Waals surface area contributed by atoms with Gasteiger partial charge in [-0.05, 0) is 46.1 Å². The number of rotatable bonds is 4. The Morgan fingerprint density at radius 1 is 1.44 bits per heavy atom. The van der Waals surface area contributed by atoms with E-state index in [0.29, 0.717) is 22.0 Å². The van der Waals surface area contributed by atoms with Crippen LogP contribution in [0.1, 0.15) is 18.1 Å². The van der Waals surface area contributed by atoms with E-state index in [9.17, 15) is 9.18 Å². The Bertz CT molecular complexity index is 394. The SMILES string of the molecule is CCOC(=O)Cc1cc(F)c(Br)cc1CBr. The van der Waals surface area contributed by atoms with Gasteiger partial charge in [-0.2, -0.15) is 0 Å². The molecule has 0 radical (unpaired) electrons. The molecule has 0 aliphatic carbocycles. The van der Waals surface area contributed by atoms with Gasteiger partial charge < -0.3 is 4.74 Å². The van der Waals surface area contributed by atoms with E-state index in [1.165, 1.54) is 6.07 Å². The normalized spacial score (nSPS) is 10.2. The molecule has 0 aromatic heterocycles. The number of ether oxygens (including phenoxy) is 1. The maximum absolute atomic E-state index is 13.3. The molecular weight excluding hydrogens is 343 g/mol. The predicted octanol–water partition coefficient (Wildman–Crippen LogP) is 3.59. The van der Waals surface area contributed by atoms with Crippen molar-refractivity contribution in [3.05, 3.63) is 33.5 Å². The summed E-state index contributed by atoms with van der Waals surface area (Å²) in [6.07, 6.45) is 0.0962. The molecule has 0 amide bonds. The summed E-state index contributed by atoms with van der Waals surface area (Å²) in [5, 5.41) is 0.570. The number of esters is 1. The van der Waals surface area contributed by atoms with E-state index in [1.54, 1.807) is 13.0 Å². The fourth-order valence-electron chi connectivity index (χ4n) is 1.29. The average Bonchev–Trinajstić information content (AvgIpc) is 2.23. The van der Waals surface area contributed by atoms with E-state index in [2.05, 4.69) is 31.9 Å². The van der Waals surface area contributed by atoms with Gasteiger partial charge in [0.25, 0.3) is 0 Å². The second-order valence-corrected chi connectivity index (χ2v) is 4.57. The fourth-order valence-corrected chi connectivity index (χ4v) is 2.20. The second kappa shape index (κ2) is 6.35. The summed E-state index contributed by atoms with van der Waals surface area (Å²) in [7, 11) is 0. The van der Waals surface area contributed by atoms with Crippen LogP contribution in [0.4, 0.5) is 4.39 Å². The van der Waals surface area contributed by atoms with Crippen molar-refractivity contribution < 1.29 is 13.9 Å². The molecule has 16 heavy (non-hydrogen) atoms. The predicted molar refractivity (Wildman–Crippen MR) is 67.1 cm³/mol. The number of carbonyl (C=O) groups excluding carboxylic acids is 1. The highest BCUT2D eigenvalue weighted by molar-refractivity contribution is 9.10. The first-order chi connectivity index (χ1) is 7.58. The van der Waals surface area contributed by atoms with Crippen molar-refractivity contribution >= 4 is 37.8 Å². The summed E-state index contributed by atoms with van der Waals surface area (Å²) >= 11 is 6.41. The van der Waals surface area contributed by atoms with Crippen LogP contribution in [0.2, 0.25) is 0 Å². The van der Waals surface area contributed by atoms with Crippen molar-refractivity contribution in [2.45, 2.75) is 18.7 Å². The van der Waals surface area contributed by atoms with Gasteiger partial charge in [0.1, 0.15) is 5.82 Å². The molecule has 1 aromatic carbocycles. The Hall–Kier alpha value is -0.420. The van der Waals surface area contributed by atoms with Crippen LogP contribution in [0.25, 0.3) is 0 Å². The smallest absolute Gasteiger partial charge is 0.310 e. The molecule has 2 nitrogen and oxygen atoms in total. The molecule has 0 atom stereocenters. The number of alkyl halides is 1. The molecule has 88 valence electrons. The molecule has 0 spiro atoms. The van der Waals surface area contributed by atoms with E-state index in [1.807, 2.05) is 0 Å². The number of hydrogen-bond acceptors (Lipinski definition) is 2. The van der Waals surface area contributed by atoms with Crippen molar-refractivity contribution in [1.29, 1.82) is 0 Å². The van der Waals surface area contributed by atoms with E-state index in [-0.39, 0.29) is 18.2 Å². The van der Waals surface area contributed by atoms with Gasteiger partial charge in [-0.1, -0.05) is 15.9 Å². The maximum Gasteiger partial charge on any atom is 0.310 e. The summed E-state index contributed by atoms with van der Waals surface area (Å²) in [5.74, 6) is -0.713. The van der Waals surface area contributed by atoms with Crippen LogP contribution in [0.3, 0.4) is 0 Å². The minimum absolute atomic E-state index is 0.0962. The zero-order valence-electron chi connectivity index (χ0n) is 8.73. The van der Waals surface area contributed by atoms with Gasteiger partial charge in [0.05, 0.1) is 17.5 Å². The van der Waals surface area contributed by atoms with Gasteiger partial charge in [0, 0.05) is 5.33 Å². The van der Waals surface area contributed by atoms with Crippen LogP contribution >= 0.6 is 31.9 Å². The third-order valence-corrected chi connectivity index (χ3v) is 3.24. The first-order valence-electron chi connectivity index (χ1n) is 4.76. The summed E-state index contributed by atoms with van der Waals surface area (Å²) in [6.45, 7) is 2.08. The van der Waals surface area contributed by atoms with Crippen LogP contribution in [-0.4, -0.2) is 12.6 Å². The molecule has 1 aromatic rings. The zero-order valence-corrected chi connectivity index (χ0v) is 11.9. The van der Waals surface area contributed by atoms with Crippen LogP contribution in [-0.2, 0) is 21.3 Å². The number of halogens is 3. The Balaban J connectivity index is 2.94. The standard InChI is InChI=1S/C11H11Br2FO2/c1-2-16-11(15)5-7-4-10(14)9(13)3-8(7)6-12/h3-4H,2,5-6H2,1H3. The van der Waals surface area contributed by atoms with E-state index < -0.39 is 0 Å². The highest BCUT2D eigenvalue weighted by Crippen LogP contribution is 2.23. The molecule has 0 N–H and O–H groups in total. The molecule has 5 heteroatoms. The Morgan fingerprint density at radius 2 is 2.12 bits per heavy atom. The summed E-state index contributed by atoms with van der Waals surface area (Å²) < 4.78 is 18.5. The van der Waals surface area contributed by atoms with Gasteiger partial charge in [-0.15, -0.1) is 0 Å². The molecule has 0 aliphatic rings.